The molecule has 0 aromatic carbocycles. The first-order chi connectivity index (χ1) is 8.81. The third kappa shape index (κ3) is 3.43. The van der Waals surface area contributed by atoms with Gasteiger partial charge in [0, 0.05) is 13.1 Å². The second kappa shape index (κ2) is 6.70. The van der Waals surface area contributed by atoms with E-state index < -0.39 is 0 Å². The zero-order chi connectivity index (χ0) is 12.8. The highest BCUT2D eigenvalue weighted by atomic mass is 32.1. The highest BCUT2D eigenvalue weighted by Crippen LogP contribution is 2.20. The van der Waals surface area contributed by atoms with Gasteiger partial charge in [-0.05, 0) is 32.9 Å². The molecule has 2 rings (SSSR count). The first kappa shape index (κ1) is 13.3. The van der Waals surface area contributed by atoms with Crippen LogP contribution in [0.5, 0.6) is 0 Å². The van der Waals surface area contributed by atoms with Gasteiger partial charge in [-0.1, -0.05) is 0 Å². The number of likely N-dealkylation sites (tertiary alicyclic amines) is 1. The van der Waals surface area contributed by atoms with E-state index in [9.17, 15) is 4.79 Å². The number of thiazole rings is 1. The Bertz CT molecular complexity index is 388. The molecule has 1 aliphatic rings. The average molecular weight is 269 g/mol. The van der Waals surface area contributed by atoms with Gasteiger partial charge < -0.3 is 15.0 Å². The number of ether oxygens (including phenoxy) is 1. The molecule has 5 nitrogen and oxygen atoms in total. The summed E-state index contributed by atoms with van der Waals surface area (Å²) in [6.45, 7) is 6.41. The molecule has 18 heavy (non-hydrogen) atoms. The molecule has 1 aromatic rings. The maximum Gasteiger partial charge on any atom is 0.360 e. The summed E-state index contributed by atoms with van der Waals surface area (Å²) in [4.78, 5) is 18.1. The number of aromatic nitrogens is 1. The Morgan fingerprint density at radius 1 is 1.56 bits per heavy atom. The lowest BCUT2D eigenvalue weighted by Crippen LogP contribution is -2.26. The van der Waals surface area contributed by atoms with E-state index in [1.807, 2.05) is 0 Å². The highest BCUT2D eigenvalue weighted by Gasteiger charge is 2.16. The summed E-state index contributed by atoms with van der Waals surface area (Å²) in [5, 5.41) is 4.09. The molecule has 0 aliphatic carbocycles. The first-order valence-electron chi connectivity index (χ1n) is 6.38. The number of hydrogen-bond acceptors (Lipinski definition) is 6. The Morgan fingerprint density at radius 2 is 2.33 bits per heavy atom. The van der Waals surface area contributed by atoms with Crippen molar-refractivity contribution in [1.29, 1.82) is 0 Å². The van der Waals surface area contributed by atoms with E-state index >= 15 is 0 Å². The van der Waals surface area contributed by atoms with Crippen molar-refractivity contribution in [2.24, 2.45) is 0 Å². The summed E-state index contributed by atoms with van der Waals surface area (Å²) >= 11 is 1.44. The normalized spacial score (nSPS) is 15.8. The molecule has 0 bridgehead atoms. The van der Waals surface area contributed by atoms with E-state index in [1.165, 1.54) is 37.3 Å². The number of carbonyl (C=O) groups excluding carboxylic acids is 1. The quantitative estimate of drug-likeness (QED) is 0.798. The number of nitrogens with one attached hydrogen (secondary N) is 1. The highest BCUT2D eigenvalue weighted by molar-refractivity contribution is 7.14. The van der Waals surface area contributed by atoms with Crippen molar-refractivity contribution in [3.63, 3.8) is 0 Å². The predicted molar refractivity (Wildman–Crippen MR) is 72.2 cm³/mol. The summed E-state index contributed by atoms with van der Waals surface area (Å²) in [7, 11) is 0. The number of esters is 1. The van der Waals surface area contributed by atoms with Crippen LogP contribution < -0.4 is 5.32 Å². The Kier molecular flexibility index (Phi) is 4.95. The number of hydrogen-bond donors (Lipinski definition) is 1. The van der Waals surface area contributed by atoms with Crippen molar-refractivity contribution >= 4 is 22.3 Å². The van der Waals surface area contributed by atoms with Crippen LogP contribution in [0.1, 0.15) is 30.3 Å². The van der Waals surface area contributed by atoms with Crippen LogP contribution in [0.3, 0.4) is 0 Å². The molecule has 1 fully saturated rings. The fourth-order valence-electron chi connectivity index (χ4n) is 2.05. The van der Waals surface area contributed by atoms with E-state index in [1.54, 1.807) is 12.4 Å². The lowest BCUT2D eigenvalue weighted by atomic mass is 10.4. The minimum Gasteiger partial charge on any atom is -0.461 e. The van der Waals surface area contributed by atoms with E-state index in [0.717, 1.165) is 18.1 Å². The van der Waals surface area contributed by atoms with Crippen molar-refractivity contribution < 1.29 is 9.53 Å². The van der Waals surface area contributed by atoms with Crippen LogP contribution in [0.2, 0.25) is 0 Å². The Labute approximate surface area is 111 Å². The van der Waals surface area contributed by atoms with Crippen molar-refractivity contribution in [1.82, 2.24) is 9.88 Å². The summed E-state index contributed by atoms with van der Waals surface area (Å²) in [6.07, 6.45) is 2.60. The third-order valence-electron chi connectivity index (χ3n) is 2.95. The largest absolute Gasteiger partial charge is 0.461 e. The van der Waals surface area contributed by atoms with Gasteiger partial charge in [0.2, 0.25) is 0 Å². The zero-order valence-corrected chi connectivity index (χ0v) is 11.5. The molecule has 1 aromatic heterocycles. The lowest BCUT2D eigenvalue weighted by molar-refractivity contribution is 0.0521. The zero-order valence-electron chi connectivity index (χ0n) is 10.6. The molecule has 6 heteroatoms. The van der Waals surface area contributed by atoms with E-state index in [0.29, 0.717) is 12.3 Å². The third-order valence-corrected chi connectivity index (χ3v) is 3.73. The van der Waals surface area contributed by atoms with Gasteiger partial charge in [0.05, 0.1) is 12.1 Å². The Balaban J connectivity index is 1.81. The molecule has 0 radical (unpaired) electrons. The van der Waals surface area contributed by atoms with E-state index in [-0.39, 0.29) is 5.97 Å². The van der Waals surface area contributed by atoms with Crippen LogP contribution in [0, 0.1) is 0 Å². The van der Waals surface area contributed by atoms with Gasteiger partial charge >= 0.3 is 5.97 Å². The van der Waals surface area contributed by atoms with Crippen molar-refractivity contribution in [2.45, 2.75) is 19.8 Å². The number of nitrogens with zero attached hydrogens (tertiary/aromatic N) is 2. The van der Waals surface area contributed by atoms with Crippen LogP contribution in [-0.2, 0) is 4.74 Å². The minimum atomic E-state index is -0.345. The van der Waals surface area contributed by atoms with Gasteiger partial charge in [-0.15, -0.1) is 11.3 Å². The fraction of sp³-hybridized carbons (Fsp3) is 0.667. The van der Waals surface area contributed by atoms with Crippen molar-refractivity contribution in [3.05, 3.63) is 11.2 Å². The molecule has 0 spiro atoms. The van der Waals surface area contributed by atoms with Gasteiger partial charge in [-0.3, -0.25) is 0 Å². The monoisotopic (exact) mass is 269 g/mol. The van der Waals surface area contributed by atoms with Crippen LogP contribution in [0.4, 0.5) is 5.00 Å². The molecule has 2 heterocycles. The number of rotatable bonds is 6. The molecule has 0 atom stereocenters. The summed E-state index contributed by atoms with van der Waals surface area (Å²) < 4.78 is 4.96. The minimum absolute atomic E-state index is 0.345. The van der Waals surface area contributed by atoms with Gasteiger partial charge in [-0.2, -0.15) is 0 Å². The molecule has 0 amide bonds. The second-order valence-corrected chi connectivity index (χ2v) is 5.08. The Hall–Kier alpha value is -1.14. The van der Waals surface area contributed by atoms with Gasteiger partial charge in [0.15, 0.2) is 5.69 Å². The predicted octanol–water partition coefficient (Wildman–Crippen LogP) is 1.83. The second-order valence-electron chi connectivity index (χ2n) is 4.23. The molecular weight excluding hydrogens is 250 g/mol. The summed E-state index contributed by atoms with van der Waals surface area (Å²) in [6, 6.07) is 0. The standard InChI is InChI=1S/C12H19N3O2S/c1-2-17-12(16)10-11(18-9-14-10)13-5-8-15-6-3-4-7-15/h9,13H,2-8H2,1H3. The maximum absolute atomic E-state index is 11.6. The summed E-state index contributed by atoms with van der Waals surface area (Å²) in [5.74, 6) is -0.345. The van der Waals surface area contributed by atoms with Crippen LogP contribution in [0.25, 0.3) is 0 Å². The lowest BCUT2D eigenvalue weighted by Gasteiger charge is -2.14. The molecule has 1 N–H and O–H groups in total. The van der Waals surface area contributed by atoms with E-state index in [4.69, 9.17) is 4.74 Å². The van der Waals surface area contributed by atoms with Crippen LogP contribution in [-0.4, -0.2) is 48.6 Å². The van der Waals surface area contributed by atoms with Crippen molar-refractivity contribution in [3.8, 4) is 0 Å². The topological polar surface area (TPSA) is 54.5 Å². The summed E-state index contributed by atoms with van der Waals surface area (Å²) in [5.41, 5.74) is 2.08. The smallest absolute Gasteiger partial charge is 0.360 e. The first-order valence-corrected chi connectivity index (χ1v) is 7.26. The van der Waals surface area contributed by atoms with Gasteiger partial charge in [0.25, 0.3) is 0 Å². The average Bonchev–Trinajstić information content (AvgIpc) is 3.00. The Morgan fingerprint density at radius 3 is 3.06 bits per heavy atom. The number of anilines is 1. The van der Waals surface area contributed by atoms with E-state index in [2.05, 4.69) is 15.2 Å². The SMILES string of the molecule is CCOC(=O)c1ncsc1NCCN1CCCC1. The van der Waals surface area contributed by atoms with Crippen molar-refractivity contribution in [2.75, 3.05) is 38.1 Å². The molecule has 1 aliphatic heterocycles. The van der Waals surface area contributed by atoms with Crippen LogP contribution in [0.15, 0.2) is 5.51 Å². The van der Waals surface area contributed by atoms with Gasteiger partial charge in [-0.25, -0.2) is 9.78 Å². The number of carbonyl (C=O) groups is 1. The molecule has 0 saturated carbocycles. The maximum atomic E-state index is 11.6. The molecule has 1 saturated heterocycles. The fourth-order valence-corrected chi connectivity index (χ4v) is 2.75. The molecule has 100 valence electrons. The van der Waals surface area contributed by atoms with Crippen LogP contribution >= 0.6 is 11.3 Å². The van der Waals surface area contributed by atoms with Gasteiger partial charge in [0.1, 0.15) is 5.00 Å². The molecule has 0 unspecified atom stereocenters. The molecular formula is C12H19N3O2S.